The van der Waals surface area contributed by atoms with E-state index in [4.69, 9.17) is 11.6 Å². The average Bonchev–Trinajstić information content (AvgIpc) is 2.84. The van der Waals surface area contributed by atoms with Crippen molar-refractivity contribution in [2.24, 2.45) is 0 Å². The first-order valence-electron chi connectivity index (χ1n) is 7.27. The fourth-order valence-corrected chi connectivity index (χ4v) is 3.01. The van der Waals surface area contributed by atoms with E-state index in [1.807, 2.05) is 31.2 Å². The maximum absolute atomic E-state index is 12.4. The Bertz CT molecular complexity index is 469. The van der Waals surface area contributed by atoms with Crippen LogP contribution in [0.1, 0.15) is 44.6 Å². The Balaban J connectivity index is 2.01. The van der Waals surface area contributed by atoms with Crippen molar-refractivity contribution in [3.05, 3.63) is 34.9 Å². The number of benzene rings is 1. The van der Waals surface area contributed by atoms with Gasteiger partial charge in [-0.1, -0.05) is 42.6 Å². The van der Waals surface area contributed by atoms with E-state index in [2.05, 4.69) is 0 Å². The van der Waals surface area contributed by atoms with Gasteiger partial charge < -0.3 is 10.0 Å². The lowest BCUT2D eigenvalue weighted by molar-refractivity contribution is -0.136. The Hall–Kier alpha value is -1.06. The standard InChI is InChI=1S/C16H22ClNO2/c1-2-18(12-13-7-3-4-8-14(13)17)15(19)11-16(20)9-5-6-10-16/h3-4,7-8,20H,2,5-6,9-12H2,1H3. The molecule has 0 bridgehead atoms. The molecule has 0 atom stereocenters. The number of nitrogens with zero attached hydrogens (tertiary/aromatic N) is 1. The van der Waals surface area contributed by atoms with Crippen molar-refractivity contribution < 1.29 is 9.90 Å². The Kier molecular flexibility index (Phi) is 5.06. The second-order valence-electron chi connectivity index (χ2n) is 5.61. The smallest absolute Gasteiger partial charge is 0.225 e. The number of halogens is 1. The van der Waals surface area contributed by atoms with E-state index >= 15 is 0 Å². The summed E-state index contributed by atoms with van der Waals surface area (Å²) in [6.45, 7) is 3.08. The summed E-state index contributed by atoms with van der Waals surface area (Å²) < 4.78 is 0. The number of hydrogen-bond donors (Lipinski definition) is 1. The minimum atomic E-state index is -0.787. The summed E-state index contributed by atoms with van der Waals surface area (Å²) in [6.07, 6.45) is 3.73. The maximum atomic E-state index is 12.4. The van der Waals surface area contributed by atoms with Crippen LogP contribution >= 0.6 is 11.6 Å². The first-order chi connectivity index (χ1) is 9.54. The molecule has 2 rings (SSSR count). The molecule has 1 amide bonds. The highest BCUT2D eigenvalue weighted by molar-refractivity contribution is 6.31. The second kappa shape index (κ2) is 6.59. The van der Waals surface area contributed by atoms with Crippen molar-refractivity contribution in [1.29, 1.82) is 0 Å². The van der Waals surface area contributed by atoms with Crippen molar-refractivity contribution >= 4 is 17.5 Å². The molecular formula is C16H22ClNO2. The van der Waals surface area contributed by atoms with E-state index in [9.17, 15) is 9.90 Å². The van der Waals surface area contributed by atoms with E-state index in [0.717, 1.165) is 31.2 Å². The molecular weight excluding hydrogens is 274 g/mol. The van der Waals surface area contributed by atoms with Gasteiger partial charge in [0.15, 0.2) is 0 Å². The molecule has 1 aliphatic rings. The van der Waals surface area contributed by atoms with Gasteiger partial charge in [0.2, 0.25) is 5.91 Å². The SMILES string of the molecule is CCN(Cc1ccccc1Cl)C(=O)CC1(O)CCCC1. The zero-order valence-corrected chi connectivity index (χ0v) is 12.7. The second-order valence-corrected chi connectivity index (χ2v) is 6.01. The summed E-state index contributed by atoms with van der Waals surface area (Å²) in [5, 5.41) is 11.0. The molecule has 1 aromatic rings. The molecule has 1 aliphatic carbocycles. The van der Waals surface area contributed by atoms with E-state index in [1.54, 1.807) is 4.90 Å². The molecule has 20 heavy (non-hydrogen) atoms. The normalized spacial score (nSPS) is 17.1. The average molecular weight is 296 g/mol. The molecule has 3 nitrogen and oxygen atoms in total. The molecule has 1 aromatic carbocycles. The maximum Gasteiger partial charge on any atom is 0.225 e. The molecule has 1 fully saturated rings. The van der Waals surface area contributed by atoms with Gasteiger partial charge in [0.1, 0.15) is 0 Å². The van der Waals surface area contributed by atoms with Gasteiger partial charge in [-0.3, -0.25) is 4.79 Å². The van der Waals surface area contributed by atoms with Gasteiger partial charge in [0.25, 0.3) is 0 Å². The van der Waals surface area contributed by atoms with Crippen molar-refractivity contribution in [3.8, 4) is 0 Å². The fourth-order valence-electron chi connectivity index (χ4n) is 2.81. The van der Waals surface area contributed by atoms with E-state index in [-0.39, 0.29) is 12.3 Å². The van der Waals surface area contributed by atoms with Crippen molar-refractivity contribution in [3.63, 3.8) is 0 Å². The lowest BCUT2D eigenvalue weighted by atomic mass is 9.97. The van der Waals surface area contributed by atoms with Gasteiger partial charge in [-0.2, -0.15) is 0 Å². The molecule has 1 N–H and O–H groups in total. The van der Waals surface area contributed by atoms with Gasteiger partial charge in [0.05, 0.1) is 12.0 Å². The van der Waals surface area contributed by atoms with Crippen molar-refractivity contribution in [2.75, 3.05) is 6.54 Å². The predicted octanol–water partition coefficient (Wildman–Crippen LogP) is 3.38. The third kappa shape index (κ3) is 3.74. The summed E-state index contributed by atoms with van der Waals surface area (Å²) in [7, 11) is 0. The monoisotopic (exact) mass is 295 g/mol. The van der Waals surface area contributed by atoms with E-state index in [0.29, 0.717) is 18.1 Å². The number of hydrogen-bond acceptors (Lipinski definition) is 2. The van der Waals surface area contributed by atoms with Gasteiger partial charge in [-0.05, 0) is 31.4 Å². The highest BCUT2D eigenvalue weighted by atomic mass is 35.5. The number of amides is 1. The fraction of sp³-hybridized carbons (Fsp3) is 0.562. The van der Waals surface area contributed by atoms with Gasteiger partial charge in [-0.15, -0.1) is 0 Å². The van der Waals surface area contributed by atoms with Gasteiger partial charge >= 0.3 is 0 Å². The molecule has 110 valence electrons. The van der Waals surface area contributed by atoms with Crippen LogP contribution < -0.4 is 0 Å². The van der Waals surface area contributed by atoms with E-state index in [1.165, 1.54) is 0 Å². The minimum absolute atomic E-state index is 0.0109. The zero-order chi connectivity index (χ0) is 14.6. The number of aliphatic hydroxyl groups is 1. The number of rotatable bonds is 5. The summed E-state index contributed by atoms with van der Waals surface area (Å²) in [5.41, 5.74) is 0.160. The lowest BCUT2D eigenvalue weighted by Gasteiger charge is -2.27. The quantitative estimate of drug-likeness (QED) is 0.904. The Morgan fingerprint density at radius 3 is 2.60 bits per heavy atom. The molecule has 0 aliphatic heterocycles. The summed E-state index contributed by atoms with van der Waals surface area (Å²) in [6, 6.07) is 7.57. The summed E-state index contributed by atoms with van der Waals surface area (Å²) in [5.74, 6) is 0.0109. The van der Waals surface area contributed by atoms with Crippen LogP contribution in [-0.2, 0) is 11.3 Å². The molecule has 1 saturated carbocycles. The lowest BCUT2D eigenvalue weighted by Crippen LogP contribution is -2.37. The topological polar surface area (TPSA) is 40.5 Å². The van der Waals surface area contributed by atoms with Gasteiger partial charge in [0, 0.05) is 18.1 Å². The summed E-state index contributed by atoms with van der Waals surface area (Å²) in [4.78, 5) is 14.1. The molecule has 0 spiro atoms. The van der Waals surface area contributed by atoms with Crippen LogP contribution in [0.25, 0.3) is 0 Å². The van der Waals surface area contributed by atoms with Crippen LogP contribution in [0.15, 0.2) is 24.3 Å². The van der Waals surface area contributed by atoms with Crippen LogP contribution in [-0.4, -0.2) is 28.1 Å². The zero-order valence-electron chi connectivity index (χ0n) is 11.9. The minimum Gasteiger partial charge on any atom is -0.389 e. The van der Waals surface area contributed by atoms with Crippen LogP contribution in [0.2, 0.25) is 5.02 Å². The third-order valence-corrected chi connectivity index (χ3v) is 4.44. The highest BCUT2D eigenvalue weighted by Crippen LogP contribution is 2.33. The summed E-state index contributed by atoms with van der Waals surface area (Å²) >= 11 is 6.14. The molecule has 0 saturated heterocycles. The Labute approximate surface area is 125 Å². The van der Waals surface area contributed by atoms with Crippen LogP contribution in [0.3, 0.4) is 0 Å². The van der Waals surface area contributed by atoms with Crippen LogP contribution in [0.4, 0.5) is 0 Å². The molecule has 0 heterocycles. The van der Waals surface area contributed by atoms with Crippen LogP contribution in [0, 0.1) is 0 Å². The number of carbonyl (C=O) groups excluding carboxylic acids is 1. The molecule has 4 heteroatoms. The predicted molar refractivity (Wildman–Crippen MR) is 80.6 cm³/mol. The van der Waals surface area contributed by atoms with Crippen molar-refractivity contribution in [1.82, 2.24) is 4.90 Å². The highest BCUT2D eigenvalue weighted by Gasteiger charge is 2.34. The van der Waals surface area contributed by atoms with E-state index < -0.39 is 5.60 Å². The number of carbonyl (C=O) groups is 1. The van der Waals surface area contributed by atoms with Gasteiger partial charge in [-0.25, -0.2) is 0 Å². The van der Waals surface area contributed by atoms with Crippen molar-refractivity contribution in [2.45, 2.75) is 51.2 Å². The van der Waals surface area contributed by atoms with Crippen LogP contribution in [0.5, 0.6) is 0 Å². The largest absolute Gasteiger partial charge is 0.389 e. The third-order valence-electron chi connectivity index (χ3n) is 4.07. The molecule has 0 radical (unpaired) electrons. The molecule has 0 unspecified atom stereocenters. The first-order valence-corrected chi connectivity index (χ1v) is 7.65. The Morgan fingerprint density at radius 1 is 1.35 bits per heavy atom. The first kappa shape index (κ1) is 15.3. The molecule has 0 aromatic heterocycles. The Morgan fingerprint density at radius 2 is 2.00 bits per heavy atom.